The molecule has 1 aromatic carbocycles. The molecule has 5 unspecified atom stereocenters. The van der Waals surface area contributed by atoms with Gasteiger partial charge in [0.2, 0.25) is 5.91 Å². The van der Waals surface area contributed by atoms with Crippen LogP contribution in [0, 0.1) is 24.7 Å². The molecule has 1 amide bonds. The summed E-state index contributed by atoms with van der Waals surface area (Å²) in [4.78, 5) is 12.4. The Bertz CT molecular complexity index is 526. The van der Waals surface area contributed by atoms with Gasteiger partial charge >= 0.3 is 0 Å². The molecule has 0 heterocycles. The first kappa shape index (κ1) is 15.3. The predicted molar refractivity (Wildman–Crippen MR) is 86.6 cm³/mol. The van der Waals surface area contributed by atoms with Crippen molar-refractivity contribution in [1.82, 2.24) is 5.32 Å². The predicted octanol–water partition coefficient (Wildman–Crippen LogP) is 2.25. The van der Waals surface area contributed by atoms with E-state index in [0.717, 1.165) is 18.6 Å². The van der Waals surface area contributed by atoms with Gasteiger partial charge in [-0.2, -0.15) is 0 Å². The summed E-state index contributed by atoms with van der Waals surface area (Å²) in [5, 5.41) is 3.03. The minimum absolute atomic E-state index is 0.00493. The van der Waals surface area contributed by atoms with Gasteiger partial charge in [0.05, 0.1) is 12.5 Å². The van der Waals surface area contributed by atoms with Crippen LogP contribution in [0.2, 0.25) is 0 Å². The molecule has 2 bridgehead atoms. The maximum absolute atomic E-state index is 12.4. The van der Waals surface area contributed by atoms with Crippen LogP contribution in [0.4, 0.5) is 0 Å². The van der Waals surface area contributed by atoms with Gasteiger partial charge in [-0.05, 0) is 57.1 Å². The third kappa shape index (κ3) is 3.12. The summed E-state index contributed by atoms with van der Waals surface area (Å²) in [6, 6.07) is 8.01. The normalized spacial score (nSPS) is 31.0. The summed E-state index contributed by atoms with van der Waals surface area (Å²) in [7, 11) is 0. The highest BCUT2D eigenvalue weighted by molar-refractivity contribution is 5.80. The van der Waals surface area contributed by atoms with Crippen LogP contribution in [0.1, 0.15) is 31.7 Å². The highest BCUT2D eigenvalue weighted by Crippen LogP contribution is 2.47. The molecule has 120 valence electrons. The maximum atomic E-state index is 12.4. The van der Waals surface area contributed by atoms with Gasteiger partial charge in [-0.3, -0.25) is 4.79 Å². The van der Waals surface area contributed by atoms with Crippen LogP contribution >= 0.6 is 0 Å². The first-order valence-electron chi connectivity index (χ1n) is 8.31. The fourth-order valence-corrected chi connectivity index (χ4v) is 3.98. The lowest BCUT2D eigenvalue weighted by molar-refractivity contribution is -0.127. The number of nitrogens with one attached hydrogen (secondary N) is 1. The topological polar surface area (TPSA) is 64.3 Å². The number of hydrogen-bond donors (Lipinski definition) is 2. The first-order chi connectivity index (χ1) is 10.5. The van der Waals surface area contributed by atoms with E-state index in [0.29, 0.717) is 18.4 Å². The zero-order chi connectivity index (χ0) is 15.7. The van der Waals surface area contributed by atoms with Crippen LogP contribution in [0.15, 0.2) is 24.3 Å². The molecule has 2 fully saturated rings. The minimum atomic E-state index is -0.0542. The largest absolute Gasteiger partial charge is 0.489 e. The molecule has 0 aliphatic heterocycles. The first-order valence-corrected chi connectivity index (χ1v) is 8.31. The number of carbonyl (C=O) groups is 1. The third-order valence-electron chi connectivity index (χ3n) is 5.21. The molecule has 0 spiro atoms. The summed E-state index contributed by atoms with van der Waals surface area (Å²) in [5.41, 5.74) is 7.42. The summed E-state index contributed by atoms with van der Waals surface area (Å²) in [6.45, 7) is 4.54. The number of ether oxygens (including phenoxy) is 1. The van der Waals surface area contributed by atoms with E-state index in [9.17, 15) is 4.79 Å². The monoisotopic (exact) mass is 302 g/mol. The SMILES string of the molecule is Cc1ccc(OC(C)CNC(=O)C2C3CCC(C3)C2N)cc1. The average Bonchev–Trinajstić information content (AvgIpc) is 3.08. The molecule has 2 saturated carbocycles. The molecule has 5 atom stereocenters. The molecule has 4 heteroatoms. The smallest absolute Gasteiger partial charge is 0.225 e. The number of aryl methyl sites for hydroxylation is 1. The molecule has 0 saturated heterocycles. The Balaban J connectivity index is 1.47. The van der Waals surface area contributed by atoms with Crippen molar-refractivity contribution in [2.24, 2.45) is 23.5 Å². The van der Waals surface area contributed by atoms with E-state index >= 15 is 0 Å². The average molecular weight is 302 g/mol. The molecule has 2 aliphatic carbocycles. The van der Waals surface area contributed by atoms with Crippen molar-refractivity contribution in [3.05, 3.63) is 29.8 Å². The van der Waals surface area contributed by atoms with Crippen molar-refractivity contribution in [2.45, 2.75) is 45.3 Å². The van der Waals surface area contributed by atoms with Gasteiger partial charge in [-0.1, -0.05) is 17.7 Å². The molecule has 2 aliphatic rings. The van der Waals surface area contributed by atoms with Crippen LogP contribution < -0.4 is 15.8 Å². The fourth-order valence-electron chi connectivity index (χ4n) is 3.98. The van der Waals surface area contributed by atoms with Crippen LogP contribution in [0.25, 0.3) is 0 Å². The lowest BCUT2D eigenvalue weighted by Crippen LogP contribution is -2.47. The highest BCUT2D eigenvalue weighted by atomic mass is 16.5. The zero-order valence-electron chi connectivity index (χ0n) is 13.4. The molecular weight excluding hydrogens is 276 g/mol. The summed E-state index contributed by atoms with van der Waals surface area (Å²) < 4.78 is 5.83. The van der Waals surface area contributed by atoms with Gasteiger partial charge in [0, 0.05) is 6.04 Å². The van der Waals surface area contributed by atoms with Gasteiger partial charge in [0.15, 0.2) is 0 Å². The highest BCUT2D eigenvalue weighted by Gasteiger charge is 2.48. The van der Waals surface area contributed by atoms with E-state index in [2.05, 4.69) is 5.32 Å². The van der Waals surface area contributed by atoms with Crippen LogP contribution in [0.5, 0.6) is 5.75 Å². The molecule has 3 rings (SSSR count). The van der Waals surface area contributed by atoms with Gasteiger partial charge in [-0.25, -0.2) is 0 Å². The minimum Gasteiger partial charge on any atom is -0.489 e. The van der Waals surface area contributed by atoms with E-state index in [1.807, 2.05) is 38.1 Å². The summed E-state index contributed by atoms with van der Waals surface area (Å²) in [5.74, 6) is 2.00. The fraction of sp³-hybridized carbons (Fsp3) is 0.611. The summed E-state index contributed by atoms with van der Waals surface area (Å²) >= 11 is 0. The number of carbonyl (C=O) groups excluding carboxylic acids is 1. The quantitative estimate of drug-likeness (QED) is 0.877. The molecule has 4 nitrogen and oxygen atoms in total. The van der Waals surface area contributed by atoms with Crippen molar-refractivity contribution in [3.8, 4) is 5.75 Å². The Labute approximate surface area is 132 Å². The second kappa shape index (κ2) is 6.29. The Morgan fingerprint density at radius 1 is 1.32 bits per heavy atom. The number of nitrogens with two attached hydrogens (primary N) is 1. The lowest BCUT2D eigenvalue weighted by Gasteiger charge is -2.27. The summed E-state index contributed by atoms with van der Waals surface area (Å²) in [6.07, 6.45) is 3.43. The van der Waals surface area contributed by atoms with Gasteiger partial charge in [-0.15, -0.1) is 0 Å². The number of amides is 1. The van der Waals surface area contributed by atoms with Crippen molar-refractivity contribution in [2.75, 3.05) is 6.54 Å². The Kier molecular flexibility index (Phi) is 4.39. The van der Waals surface area contributed by atoms with E-state index in [1.54, 1.807) is 0 Å². The second-order valence-corrected chi connectivity index (χ2v) is 6.92. The van der Waals surface area contributed by atoms with Gasteiger partial charge in [0.1, 0.15) is 11.9 Å². The zero-order valence-corrected chi connectivity index (χ0v) is 13.4. The lowest BCUT2D eigenvalue weighted by atomic mass is 9.84. The Hall–Kier alpha value is -1.55. The van der Waals surface area contributed by atoms with E-state index in [1.165, 1.54) is 12.0 Å². The van der Waals surface area contributed by atoms with Crippen molar-refractivity contribution >= 4 is 5.91 Å². The van der Waals surface area contributed by atoms with Crippen LogP contribution in [0.3, 0.4) is 0 Å². The standard InChI is InChI=1S/C18H26N2O2/c1-11-3-7-15(8-4-11)22-12(2)10-20-18(21)16-13-5-6-14(9-13)17(16)19/h3-4,7-8,12-14,16-17H,5-6,9-10,19H2,1-2H3,(H,20,21). The van der Waals surface area contributed by atoms with Crippen LogP contribution in [-0.2, 0) is 4.79 Å². The molecule has 0 radical (unpaired) electrons. The maximum Gasteiger partial charge on any atom is 0.225 e. The van der Waals surface area contributed by atoms with Crippen LogP contribution in [-0.4, -0.2) is 24.6 Å². The van der Waals surface area contributed by atoms with Gasteiger partial charge < -0.3 is 15.8 Å². The van der Waals surface area contributed by atoms with Crippen molar-refractivity contribution in [1.29, 1.82) is 0 Å². The van der Waals surface area contributed by atoms with Crippen molar-refractivity contribution in [3.63, 3.8) is 0 Å². The second-order valence-electron chi connectivity index (χ2n) is 6.92. The Morgan fingerprint density at radius 3 is 2.64 bits per heavy atom. The number of fused-ring (bicyclic) bond motifs is 2. The van der Waals surface area contributed by atoms with Crippen molar-refractivity contribution < 1.29 is 9.53 Å². The third-order valence-corrected chi connectivity index (χ3v) is 5.21. The number of rotatable bonds is 5. The Morgan fingerprint density at radius 2 is 2.00 bits per heavy atom. The van der Waals surface area contributed by atoms with Gasteiger partial charge in [0.25, 0.3) is 0 Å². The number of hydrogen-bond acceptors (Lipinski definition) is 3. The molecule has 0 aromatic heterocycles. The molecular formula is C18H26N2O2. The van der Waals surface area contributed by atoms with E-state index in [-0.39, 0.29) is 24.0 Å². The van der Waals surface area contributed by atoms with E-state index < -0.39 is 0 Å². The number of benzene rings is 1. The molecule has 1 aromatic rings. The van der Waals surface area contributed by atoms with E-state index in [4.69, 9.17) is 10.5 Å². The molecule has 3 N–H and O–H groups in total. The molecule has 22 heavy (non-hydrogen) atoms.